The third-order valence-corrected chi connectivity index (χ3v) is 4.36. The fourth-order valence-corrected chi connectivity index (χ4v) is 3.14. The van der Waals surface area contributed by atoms with E-state index in [1.165, 1.54) is 6.07 Å². The number of alkyl halides is 3. The molecule has 1 N–H and O–H groups in total. The second-order valence-electron chi connectivity index (χ2n) is 6.07. The summed E-state index contributed by atoms with van der Waals surface area (Å²) in [7, 11) is 0. The van der Waals surface area contributed by atoms with E-state index in [2.05, 4.69) is 15.2 Å². The molecule has 1 saturated heterocycles. The average Bonchev–Trinajstić information content (AvgIpc) is 3.09. The molecule has 1 aliphatic heterocycles. The first-order valence-corrected chi connectivity index (χ1v) is 8.03. The van der Waals surface area contributed by atoms with Gasteiger partial charge in [-0.25, -0.2) is 0 Å². The van der Waals surface area contributed by atoms with E-state index in [1.807, 2.05) is 12.1 Å². The van der Waals surface area contributed by atoms with Gasteiger partial charge in [-0.3, -0.25) is 9.88 Å². The van der Waals surface area contributed by atoms with Gasteiger partial charge in [0.15, 0.2) is 0 Å². The third-order valence-electron chi connectivity index (χ3n) is 4.36. The van der Waals surface area contributed by atoms with Crippen LogP contribution in [0, 0.1) is 0 Å². The Morgan fingerprint density at radius 3 is 2.62 bits per heavy atom. The third kappa shape index (κ3) is 4.13. The first-order valence-electron chi connectivity index (χ1n) is 8.03. The summed E-state index contributed by atoms with van der Waals surface area (Å²) in [6.45, 7) is 2.56. The van der Waals surface area contributed by atoms with Crippen molar-refractivity contribution in [2.45, 2.75) is 31.7 Å². The van der Waals surface area contributed by atoms with Crippen molar-refractivity contribution in [1.82, 2.24) is 15.2 Å². The van der Waals surface area contributed by atoms with E-state index in [9.17, 15) is 13.2 Å². The van der Waals surface area contributed by atoms with Crippen molar-refractivity contribution < 1.29 is 13.2 Å². The molecule has 0 spiro atoms. The Morgan fingerprint density at radius 1 is 1.12 bits per heavy atom. The molecule has 1 aromatic carbocycles. The summed E-state index contributed by atoms with van der Waals surface area (Å²) in [5.74, 6) is 0. The maximum Gasteiger partial charge on any atom is 0.416 e. The van der Waals surface area contributed by atoms with Crippen molar-refractivity contribution in [3.8, 4) is 0 Å². The smallest absolute Gasteiger partial charge is 0.315 e. The number of rotatable bonds is 5. The lowest BCUT2D eigenvalue weighted by molar-refractivity contribution is -0.138. The number of pyridine rings is 1. The van der Waals surface area contributed by atoms with E-state index in [0.29, 0.717) is 12.1 Å². The number of benzene rings is 1. The van der Waals surface area contributed by atoms with Crippen molar-refractivity contribution in [2.75, 3.05) is 13.1 Å². The van der Waals surface area contributed by atoms with Gasteiger partial charge in [-0.1, -0.05) is 24.3 Å². The number of aromatic nitrogens is 1. The van der Waals surface area contributed by atoms with Crippen LogP contribution in [-0.2, 0) is 19.3 Å². The lowest BCUT2D eigenvalue weighted by Gasteiger charge is -2.29. The van der Waals surface area contributed by atoms with Crippen molar-refractivity contribution in [1.29, 1.82) is 0 Å². The molecule has 1 aliphatic rings. The molecule has 2 heterocycles. The largest absolute Gasteiger partial charge is 0.416 e. The van der Waals surface area contributed by atoms with Crippen LogP contribution in [0.25, 0.3) is 0 Å². The molecular formula is C18H20F3N3. The minimum Gasteiger partial charge on any atom is -0.315 e. The Labute approximate surface area is 139 Å². The van der Waals surface area contributed by atoms with Gasteiger partial charge in [0.05, 0.1) is 5.56 Å². The summed E-state index contributed by atoms with van der Waals surface area (Å²) in [6, 6.07) is 9.87. The Morgan fingerprint density at radius 2 is 1.96 bits per heavy atom. The van der Waals surface area contributed by atoms with Gasteiger partial charge in [0.2, 0.25) is 0 Å². The number of hydrogen-bond donors (Lipinski definition) is 1. The van der Waals surface area contributed by atoms with Crippen LogP contribution in [-0.4, -0.2) is 29.0 Å². The second kappa shape index (κ2) is 7.32. The molecular weight excluding hydrogens is 315 g/mol. The summed E-state index contributed by atoms with van der Waals surface area (Å²) in [6.07, 6.45) is 0.0773. The van der Waals surface area contributed by atoms with Crippen LogP contribution in [0.15, 0.2) is 48.8 Å². The molecule has 3 rings (SSSR count). The van der Waals surface area contributed by atoms with E-state index < -0.39 is 11.7 Å². The predicted molar refractivity (Wildman–Crippen MR) is 86.2 cm³/mol. The zero-order valence-corrected chi connectivity index (χ0v) is 13.3. The van der Waals surface area contributed by atoms with Gasteiger partial charge >= 0.3 is 6.18 Å². The molecule has 0 aliphatic carbocycles. The Hall–Kier alpha value is -1.92. The van der Waals surface area contributed by atoms with Crippen molar-refractivity contribution in [3.63, 3.8) is 0 Å². The first kappa shape index (κ1) is 16.9. The maximum atomic E-state index is 13.3. The zero-order chi connectivity index (χ0) is 17.0. The lowest BCUT2D eigenvalue weighted by atomic mass is 10.0. The minimum absolute atomic E-state index is 0.228. The van der Waals surface area contributed by atoms with Crippen LogP contribution >= 0.6 is 0 Å². The number of hydrogen-bond acceptors (Lipinski definition) is 3. The fourth-order valence-electron chi connectivity index (χ4n) is 3.14. The van der Waals surface area contributed by atoms with Crippen LogP contribution in [0.2, 0.25) is 0 Å². The van der Waals surface area contributed by atoms with Gasteiger partial charge < -0.3 is 5.32 Å². The number of halogens is 3. The molecule has 0 saturated carbocycles. The Balaban J connectivity index is 1.84. The van der Waals surface area contributed by atoms with Gasteiger partial charge in [-0.15, -0.1) is 0 Å². The summed E-state index contributed by atoms with van der Waals surface area (Å²) >= 11 is 0. The van der Waals surface area contributed by atoms with Crippen LogP contribution in [0.4, 0.5) is 13.2 Å². The number of nitrogens with one attached hydrogen (secondary N) is 1. The van der Waals surface area contributed by atoms with Crippen molar-refractivity contribution >= 4 is 0 Å². The van der Waals surface area contributed by atoms with E-state index >= 15 is 0 Å². The van der Waals surface area contributed by atoms with Crippen LogP contribution in [0.5, 0.6) is 0 Å². The molecule has 3 nitrogen and oxygen atoms in total. The highest BCUT2D eigenvalue weighted by molar-refractivity contribution is 5.29. The van der Waals surface area contributed by atoms with Crippen LogP contribution in [0.3, 0.4) is 0 Å². The minimum atomic E-state index is -4.33. The van der Waals surface area contributed by atoms with E-state index in [4.69, 9.17) is 0 Å². The van der Waals surface area contributed by atoms with Gasteiger partial charge in [0.1, 0.15) is 0 Å². The van der Waals surface area contributed by atoms with E-state index in [1.54, 1.807) is 24.5 Å². The topological polar surface area (TPSA) is 28.2 Å². The second-order valence-corrected chi connectivity index (χ2v) is 6.07. The summed E-state index contributed by atoms with van der Waals surface area (Å²) in [5, 5.41) is 3.29. The van der Waals surface area contributed by atoms with Crippen LogP contribution < -0.4 is 5.32 Å². The standard InChI is InChI=1S/C18H20F3N3/c19-18(20,21)17-6-2-1-5-15(17)13-24(16-7-9-23-11-16)12-14-4-3-8-22-10-14/h1-6,8,10,16,23H,7,9,11-13H2. The molecule has 0 amide bonds. The van der Waals surface area contributed by atoms with Gasteiger partial charge in [-0.2, -0.15) is 13.2 Å². The van der Waals surface area contributed by atoms with Gasteiger partial charge in [-0.05, 0) is 36.2 Å². The molecule has 1 fully saturated rings. The van der Waals surface area contributed by atoms with E-state index in [-0.39, 0.29) is 12.6 Å². The summed E-state index contributed by atoms with van der Waals surface area (Å²) in [4.78, 5) is 6.22. The summed E-state index contributed by atoms with van der Waals surface area (Å²) in [5.41, 5.74) is 0.779. The molecule has 1 aromatic heterocycles. The van der Waals surface area contributed by atoms with E-state index in [0.717, 1.165) is 31.1 Å². The highest BCUT2D eigenvalue weighted by Crippen LogP contribution is 2.33. The zero-order valence-electron chi connectivity index (χ0n) is 13.3. The van der Waals surface area contributed by atoms with Crippen molar-refractivity contribution in [2.24, 2.45) is 0 Å². The molecule has 0 bridgehead atoms. The molecule has 0 radical (unpaired) electrons. The Bertz CT molecular complexity index is 652. The maximum absolute atomic E-state index is 13.3. The average molecular weight is 335 g/mol. The highest BCUT2D eigenvalue weighted by Gasteiger charge is 2.34. The molecule has 6 heteroatoms. The SMILES string of the molecule is FC(F)(F)c1ccccc1CN(Cc1cccnc1)C1CCNC1. The normalized spacial score (nSPS) is 18.2. The monoisotopic (exact) mass is 335 g/mol. The molecule has 128 valence electrons. The quantitative estimate of drug-likeness (QED) is 0.907. The number of nitrogens with zero attached hydrogens (tertiary/aromatic N) is 2. The summed E-state index contributed by atoms with van der Waals surface area (Å²) < 4.78 is 39.8. The highest BCUT2D eigenvalue weighted by atomic mass is 19.4. The molecule has 1 atom stereocenters. The molecule has 2 aromatic rings. The van der Waals surface area contributed by atoms with Crippen molar-refractivity contribution in [3.05, 3.63) is 65.5 Å². The molecule has 1 unspecified atom stereocenters. The first-order chi connectivity index (χ1) is 11.5. The molecule has 24 heavy (non-hydrogen) atoms. The van der Waals surface area contributed by atoms with Gasteiger partial charge in [0.25, 0.3) is 0 Å². The van der Waals surface area contributed by atoms with Gasteiger partial charge in [0, 0.05) is 38.1 Å². The fraction of sp³-hybridized carbons (Fsp3) is 0.389. The van der Waals surface area contributed by atoms with Crippen LogP contribution in [0.1, 0.15) is 23.1 Å². The Kier molecular flexibility index (Phi) is 5.16. The predicted octanol–water partition coefficient (Wildman–Crippen LogP) is 3.46. The lowest BCUT2D eigenvalue weighted by Crippen LogP contribution is -2.36.